The first-order valence-electron chi connectivity index (χ1n) is 9.65. The average molecular weight is 411 g/mol. The summed E-state index contributed by atoms with van der Waals surface area (Å²) < 4.78 is 5.10. The lowest BCUT2D eigenvalue weighted by Crippen LogP contribution is -2.38. The van der Waals surface area contributed by atoms with Crippen molar-refractivity contribution in [1.82, 2.24) is 0 Å². The van der Waals surface area contributed by atoms with Crippen LogP contribution in [0.4, 0.5) is 11.4 Å². The summed E-state index contributed by atoms with van der Waals surface area (Å²) in [6, 6.07) is 11.6. The lowest BCUT2D eigenvalue weighted by atomic mass is 9.95. The van der Waals surface area contributed by atoms with Crippen molar-refractivity contribution >= 4 is 29.2 Å². The van der Waals surface area contributed by atoms with E-state index in [2.05, 4.69) is 0 Å². The predicted octanol–water partition coefficient (Wildman–Crippen LogP) is 2.37. The number of piperidine rings is 1. The number of carboxylic acid groups (broad SMARTS) is 1. The van der Waals surface area contributed by atoms with Crippen LogP contribution >= 0.6 is 0 Å². The Kier molecular flexibility index (Phi) is 6.25. The van der Waals surface area contributed by atoms with Crippen LogP contribution in [0.15, 0.2) is 42.5 Å². The van der Waals surface area contributed by atoms with Crippen LogP contribution in [-0.4, -0.2) is 50.1 Å². The first-order chi connectivity index (χ1) is 14.3. The molecule has 1 fully saturated rings. The maximum atomic E-state index is 12.8. The van der Waals surface area contributed by atoms with Gasteiger partial charge in [0.1, 0.15) is 5.75 Å². The lowest BCUT2D eigenvalue weighted by molar-refractivity contribution is -0.122. The molecular weight excluding hydrogens is 386 g/mol. The van der Waals surface area contributed by atoms with Crippen LogP contribution in [0.2, 0.25) is 0 Å². The van der Waals surface area contributed by atoms with Gasteiger partial charge in [-0.3, -0.25) is 9.59 Å². The van der Waals surface area contributed by atoms with E-state index in [-0.39, 0.29) is 23.3 Å². The van der Waals surface area contributed by atoms with E-state index >= 15 is 0 Å². The summed E-state index contributed by atoms with van der Waals surface area (Å²) in [5, 5.41) is 9.74. The highest BCUT2D eigenvalue weighted by Crippen LogP contribution is 2.30. The summed E-state index contributed by atoms with van der Waals surface area (Å²) in [6.45, 7) is 1.24. The van der Waals surface area contributed by atoms with Gasteiger partial charge in [0.25, 0.3) is 5.91 Å². The van der Waals surface area contributed by atoms with E-state index in [9.17, 15) is 19.5 Å². The van der Waals surface area contributed by atoms with Crippen LogP contribution in [0.25, 0.3) is 0 Å². The maximum absolute atomic E-state index is 12.8. The van der Waals surface area contributed by atoms with Crippen LogP contribution in [-0.2, 0) is 4.79 Å². The summed E-state index contributed by atoms with van der Waals surface area (Å²) in [7, 11) is 3.09. The molecule has 30 heavy (non-hydrogen) atoms. The van der Waals surface area contributed by atoms with Gasteiger partial charge in [-0.2, -0.15) is 0 Å². The monoisotopic (exact) mass is 411 g/mol. The fraction of sp³-hybridized carbons (Fsp3) is 0.318. The van der Waals surface area contributed by atoms with Crippen molar-refractivity contribution in [3.63, 3.8) is 0 Å². The second-order valence-corrected chi connectivity index (χ2v) is 7.26. The van der Waals surface area contributed by atoms with Gasteiger partial charge in [-0.25, -0.2) is 4.79 Å². The van der Waals surface area contributed by atoms with Crippen LogP contribution < -0.4 is 20.3 Å². The highest BCUT2D eigenvalue weighted by molar-refractivity contribution is 6.09. The molecule has 0 spiro atoms. The fourth-order valence-corrected chi connectivity index (χ4v) is 3.64. The third-order valence-electron chi connectivity index (χ3n) is 5.48. The number of carboxylic acids is 1. The number of nitrogens with zero attached hydrogens (tertiary/aromatic N) is 2. The highest BCUT2D eigenvalue weighted by atomic mass is 16.5. The first kappa shape index (κ1) is 21.2. The number of amides is 2. The third-order valence-corrected chi connectivity index (χ3v) is 5.48. The third kappa shape index (κ3) is 4.37. The molecule has 0 saturated carbocycles. The minimum atomic E-state index is -1.12. The van der Waals surface area contributed by atoms with Crippen LogP contribution in [0.5, 0.6) is 5.75 Å². The number of anilines is 2. The van der Waals surface area contributed by atoms with Crippen molar-refractivity contribution in [1.29, 1.82) is 0 Å². The Morgan fingerprint density at radius 3 is 2.27 bits per heavy atom. The predicted molar refractivity (Wildman–Crippen MR) is 113 cm³/mol. The molecule has 0 radical (unpaired) electrons. The van der Waals surface area contributed by atoms with E-state index in [4.69, 9.17) is 10.5 Å². The number of carbonyl (C=O) groups excluding carboxylic acids is 2. The maximum Gasteiger partial charge on any atom is 0.337 e. The molecule has 1 aliphatic heterocycles. The molecule has 1 saturated heterocycles. The molecule has 0 atom stereocenters. The van der Waals surface area contributed by atoms with E-state index in [0.717, 1.165) is 5.69 Å². The zero-order chi connectivity index (χ0) is 21.8. The second kappa shape index (κ2) is 8.86. The Morgan fingerprint density at radius 1 is 1.10 bits per heavy atom. The van der Waals surface area contributed by atoms with Gasteiger partial charge in [0.2, 0.25) is 5.91 Å². The number of hydrogen-bond acceptors (Lipinski definition) is 5. The van der Waals surface area contributed by atoms with Crippen molar-refractivity contribution in [3.8, 4) is 5.75 Å². The summed E-state index contributed by atoms with van der Waals surface area (Å²) in [5.74, 6) is -1.25. The number of nitrogens with two attached hydrogens (primary N) is 1. The largest absolute Gasteiger partial charge is 0.497 e. The molecule has 2 amide bonds. The van der Waals surface area contributed by atoms with Gasteiger partial charge in [-0.1, -0.05) is 0 Å². The van der Waals surface area contributed by atoms with Gasteiger partial charge in [-0.05, 0) is 55.3 Å². The van der Waals surface area contributed by atoms with Crippen LogP contribution in [0, 0.1) is 5.92 Å². The minimum Gasteiger partial charge on any atom is -0.497 e. The number of benzene rings is 2. The molecule has 2 aromatic rings. The molecule has 0 bridgehead atoms. The van der Waals surface area contributed by atoms with E-state index in [1.807, 2.05) is 4.90 Å². The molecule has 2 aromatic carbocycles. The Balaban J connectivity index is 1.83. The standard InChI is InChI=1S/C22H25N3O5/c1-24(21(27)15-3-6-17(30-2)7-4-15)19-8-5-16(13-18(19)22(28)29)25-11-9-14(10-12-25)20(23)26/h3-8,13-14H,9-12H2,1-2H3,(H2,23,26)(H,28,29). The number of ether oxygens (including phenoxy) is 1. The SMILES string of the molecule is COc1ccc(C(=O)N(C)c2ccc(N3CCC(C(N)=O)CC3)cc2C(=O)O)cc1. The summed E-state index contributed by atoms with van der Waals surface area (Å²) in [5.41, 5.74) is 6.89. The van der Waals surface area contributed by atoms with Gasteiger partial charge in [0.05, 0.1) is 18.4 Å². The topological polar surface area (TPSA) is 113 Å². The molecule has 3 N–H and O–H groups in total. The minimum absolute atomic E-state index is 0.0360. The van der Waals surface area contributed by atoms with Gasteiger partial charge in [0.15, 0.2) is 0 Å². The summed E-state index contributed by atoms with van der Waals surface area (Å²) in [6.07, 6.45) is 1.27. The zero-order valence-corrected chi connectivity index (χ0v) is 17.0. The van der Waals surface area contributed by atoms with Crippen LogP contribution in [0.3, 0.4) is 0 Å². The van der Waals surface area contributed by atoms with Crippen LogP contribution in [0.1, 0.15) is 33.6 Å². The summed E-state index contributed by atoms with van der Waals surface area (Å²) >= 11 is 0. The first-order valence-corrected chi connectivity index (χ1v) is 9.65. The molecule has 0 aromatic heterocycles. The number of methoxy groups -OCH3 is 1. The number of hydrogen-bond donors (Lipinski definition) is 2. The molecule has 0 aliphatic carbocycles. The molecule has 0 unspecified atom stereocenters. The van der Waals surface area contributed by atoms with E-state index in [1.165, 1.54) is 4.90 Å². The van der Waals surface area contributed by atoms with Gasteiger partial charge < -0.3 is 25.4 Å². The molecule has 1 aliphatic rings. The highest BCUT2D eigenvalue weighted by Gasteiger charge is 2.25. The fourth-order valence-electron chi connectivity index (χ4n) is 3.64. The average Bonchev–Trinajstić information content (AvgIpc) is 2.77. The number of carbonyl (C=O) groups is 3. The number of primary amides is 1. The molecule has 158 valence electrons. The number of aromatic carboxylic acids is 1. The van der Waals surface area contributed by atoms with Crippen molar-refractivity contribution in [2.75, 3.05) is 37.0 Å². The van der Waals surface area contributed by atoms with E-state index in [1.54, 1.807) is 56.6 Å². The normalized spacial score (nSPS) is 14.3. The van der Waals surface area contributed by atoms with Crippen molar-refractivity contribution < 1.29 is 24.2 Å². The smallest absolute Gasteiger partial charge is 0.337 e. The summed E-state index contributed by atoms with van der Waals surface area (Å²) in [4.78, 5) is 39.5. The van der Waals surface area contributed by atoms with Gasteiger partial charge in [0, 0.05) is 37.3 Å². The Morgan fingerprint density at radius 2 is 1.73 bits per heavy atom. The van der Waals surface area contributed by atoms with Gasteiger partial charge in [-0.15, -0.1) is 0 Å². The van der Waals surface area contributed by atoms with Gasteiger partial charge >= 0.3 is 5.97 Å². The number of rotatable bonds is 6. The molecule has 3 rings (SSSR count). The molecule has 8 nitrogen and oxygen atoms in total. The molecule has 1 heterocycles. The Hall–Kier alpha value is -3.55. The van der Waals surface area contributed by atoms with Crippen molar-refractivity contribution in [2.24, 2.45) is 11.7 Å². The molecule has 8 heteroatoms. The van der Waals surface area contributed by atoms with E-state index < -0.39 is 5.97 Å². The Bertz CT molecular complexity index is 950. The lowest BCUT2D eigenvalue weighted by Gasteiger charge is -2.33. The Labute approximate surface area is 174 Å². The van der Waals surface area contributed by atoms with Crippen molar-refractivity contribution in [2.45, 2.75) is 12.8 Å². The quantitative estimate of drug-likeness (QED) is 0.755. The van der Waals surface area contributed by atoms with E-state index in [0.29, 0.717) is 42.9 Å². The zero-order valence-electron chi connectivity index (χ0n) is 17.0. The second-order valence-electron chi connectivity index (χ2n) is 7.26. The van der Waals surface area contributed by atoms with Crippen molar-refractivity contribution in [3.05, 3.63) is 53.6 Å². The molecular formula is C22H25N3O5.